The maximum Gasteiger partial charge on any atom is 0.306 e. The molecule has 4 bridgehead atoms. The largest absolute Gasteiger partial charge is 1.00 e. The van der Waals surface area contributed by atoms with Crippen LogP contribution in [-0.4, -0.2) is 87.4 Å². The molecule has 2 atom stereocenters. The molecular weight excluding hydrogens is 928 g/mol. The van der Waals surface area contributed by atoms with Gasteiger partial charge in [0.2, 0.25) is 5.24 Å². The van der Waals surface area contributed by atoms with Gasteiger partial charge in [0.05, 0.1) is 26.2 Å². The summed E-state index contributed by atoms with van der Waals surface area (Å²) in [6, 6.07) is 21.5. The molecule has 6 aliphatic heterocycles. The molecule has 1 unspecified atom stereocenters. The number of esters is 1. The summed E-state index contributed by atoms with van der Waals surface area (Å²) >= 11 is 11.8. The zero-order valence-electron chi connectivity index (χ0n) is 30.1. The second kappa shape index (κ2) is 25.0. The van der Waals surface area contributed by atoms with Crippen LogP contribution in [0.4, 0.5) is 0 Å². The Morgan fingerprint density at radius 3 is 1.57 bits per heavy atom. The van der Waals surface area contributed by atoms with Gasteiger partial charge in [0.15, 0.2) is 6.10 Å². The van der Waals surface area contributed by atoms with Gasteiger partial charge in [0, 0.05) is 72.1 Å². The first-order valence-electron chi connectivity index (χ1n) is 18.7. The molecule has 0 saturated carbocycles. The fraction of sp³-hybridized carbons (Fsp3) is 0.650. The van der Waals surface area contributed by atoms with Crippen LogP contribution < -0.4 is 34.0 Å². The van der Waals surface area contributed by atoms with Crippen molar-refractivity contribution in [1.29, 1.82) is 0 Å². The summed E-state index contributed by atoms with van der Waals surface area (Å²) in [5.41, 5.74) is 2.81. The fourth-order valence-electron chi connectivity index (χ4n) is 8.29. The Morgan fingerprint density at radius 2 is 1.12 bits per heavy atom. The second-order valence-corrected chi connectivity index (χ2v) is 16.9. The van der Waals surface area contributed by atoms with Gasteiger partial charge in [-0.05, 0) is 37.3 Å². The third kappa shape index (κ3) is 16.1. The van der Waals surface area contributed by atoms with Crippen molar-refractivity contribution >= 4 is 54.7 Å². The first-order chi connectivity index (χ1) is 23.8. The van der Waals surface area contributed by atoms with E-state index in [2.05, 4.69) is 92.5 Å². The highest BCUT2D eigenvalue weighted by molar-refractivity contribution is 9.09. The summed E-state index contributed by atoms with van der Waals surface area (Å²) in [6.45, 7) is 9.15. The van der Waals surface area contributed by atoms with Crippen LogP contribution in [0.15, 0.2) is 60.7 Å². The highest BCUT2D eigenvalue weighted by Gasteiger charge is 2.47. The van der Waals surface area contributed by atoms with E-state index in [0.29, 0.717) is 24.7 Å². The number of piperidine rings is 6. The minimum absolute atomic E-state index is 0. The van der Waals surface area contributed by atoms with Gasteiger partial charge in [-0.3, -0.25) is 9.59 Å². The van der Waals surface area contributed by atoms with E-state index in [-0.39, 0.29) is 57.4 Å². The first kappa shape index (κ1) is 46.8. The molecule has 8 rings (SSSR count). The molecule has 6 heterocycles. The van der Waals surface area contributed by atoms with Gasteiger partial charge in [0.25, 0.3) is 0 Å². The Kier molecular flexibility index (Phi) is 22.9. The number of carbonyl (C=O) groups excluding carboxylic acids is 2. The molecule has 1 N–H and O–H groups in total. The molecule has 6 saturated heterocycles. The minimum atomic E-state index is -0.218. The summed E-state index contributed by atoms with van der Waals surface area (Å²) in [7, 11) is 0. The first-order valence-corrected chi connectivity index (χ1v) is 21.3. The average molecular weight is 987 g/mol. The standard InChI is InChI=1S/C20H29BrNO2.C14H20NO.C6H10BrClO.2BrH/c21-12-6-2-5-9-20(23)24-19-16-22(13-10-18(19)11-14-22)15-17-7-3-1-4-8-17;16-14-11-15(8-6-13(14)7-9-15)10-12-4-2-1-3-5-12;7-5-3-1-2-4-6(8)9;;/h1,3-4,7-8,18-19H,2,5-6,9-16H2;1-5,13-14,16H,6-11H2;1-5H2;2*1H/q2*+1;;;/p-2/t;13?,14-,15?;;;/m.0.../s1. The van der Waals surface area contributed by atoms with Gasteiger partial charge in [-0.1, -0.05) is 105 Å². The van der Waals surface area contributed by atoms with Crippen LogP contribution in [0, 0.1) is 11.8 Å². The molecule has 51 heavy (non-hydrogen) atoms. The lowest BCUT2D eigenvalue weighted by Crippen LogP contribution is -3.00. The summed E-state index contributed by atoms with van der Waals surface area (Å²) in [5, 5.41) is 11.8. The molecule has 2 aromatic rings. The van der Waals surface area contributed by atoms with Crippen molar-refractivity contribution in [1.82, 2.24) is 0 Å². The number of nitrogens with zero attached hydrogens (tertiary/aromatic N) is 2. The minimum Gasteiger partial charge on any atom is -1.00 e. The molecule has 288 valence electrons. The monoisotopic (exact) mass is 982 g/mol. The van der Waals surface area contributed by atoms with Gasteiger partial charge in [-0.15, -0.1) is 0 Å². The van der Waals surface area contributed by atoms with Crippen LogP contribution in [0.25, 0.3) is 0 Å². The van der Waals surface area contributed by atoms with Crippen LogP contribution in [0.3, 0.4) is 0 Å². The summed E-state index contributed by atoms with van der Waals surface area (Å²) in [4.78, 5) is 22.3. The summed E-state index contributed by atoms with van der Waals surface area (Å²) in [5.74, 6) is 1.20. The Labute approximate surface area is 350 Å². The van der Waals surface area contributed by atoms with E-state index < -0.39 is 0 Å². The predicted octanol–water partition coefficient (Wildman–Crippen LogP) is 2.80. The lowest BCUT2D eigenvalue weighted by atomic mass is 9.83. The SMILES string of the molecule is O=C(CCCCCBr)OC1C[N+]2(Cc3ccccc3)CCC1CC2.O=C(Cl)CCCCCBr.O[C@H]1C[N+]2(Cc3ccccc3)CCC1CC2.[Br-].[Br-]. The summed E-state index contributed by atoms with van der Waals surface area (Å²) < 4.78 is 8.11. The number of alkyl halides is 2. The van der Waals surface area contributed by atoms with Crippen LogP contribution in [0.1, 0.15) is 88.2 Å². The number of hydrogen-bond donors (Lipinski definition) is 1. The van der Waals surface area contributed by atoms with E-state index in [4.69, 9.17) is 16.3 Å². The lowest BCUT2D eigenvalue weighted by molar-refractivity contribution is -0.958. The molecule has 6 nitrogen and oxygen atoms in total. The summed E-state index contributed by atoms with van der Waals surface area (Å²) in [6.07, 6.45) is 12.4. The molecular formula is C40H59Br4ClN2O4. The topological polar surface area (TPSA) is 63.6 Å². The molecule has 11 heteroatoms. The van der Waals surface area contributed by atoms with Gasteiger partial charge in [0.1, 0.15) is 32.3 Å². The van der Waals surface area contributed by atoms with Crippen LogP contribution in [0.5, 0.6) is 0 Å². The molecule has 6 aliphatic rings. The molecule has 6 fully saturated rings. The molecule has 0 aliphatic carbocycles. The van der Waals surface area contributed by atoms with Crippen molar-refractivity contribution in [2.24, 2.45) is 11.8 Å². The number of quaternary nitrogens is 2. The number of aliphatic hydroxyl groups is 1. The van der Waals surface area contributed by atoms with Gasteiger partial charge in [-0.2, -0.15) is 0 Å². The smallest absolute Gasteiger partial charge is 0.306 e. The number of halogens is 5. The van der Waals surface area contributed by atoms with Crippen molar-refractivity contribution in [2.75, 3.05) is 49.9 Å². The van der Waals surface area contributed by atoms with Gasteiger partial charge < -0.3 is 52.8 Å². The van der Waals surface area contributed by atoms with Crippen LogP contribution in [-0.2, 0) is 27.4 Å². The second-order valence-electron chi connectivity index (χ2n) is 14.9. The maximum atomic E-state index is 12.2. The Morgan fingerprint density at radius 1 is 0.667 bits per heavy atom. The molecule has 0 aromatic heterocycles. The number of hydrogen-bond acceptors (Lipinski definition) is 4. The third-order valence-corrected chi connectivity index (χ3v) is 12.4. The van der Waals surface area contributed by atoms with Crippen LogP contribution >= 0.6 is 43.5 Å². The quantitative estimate of drug-likeness (QED) is 0.0983. The molecule has 0 amide bonds. The number of fused-ring (bicyclic) bond motifs is 6. The zero-order chi connectivity index (χ0) is 35.0. The average Bonchev–Trinajstić information content (AvgIpc) is 3.10. The number of rotatable bonds is 15. The predicted molar refractivity (Wildman–Crippen MR) is 207 cm³/mol. The molecule has 0 radical (unpaired) electrons. The van der Waals surface area contributed by atoms with E-state index in [1.165, 1.54) is 63.0 Å². The number of ether oxygens (including phenoxy) is 1. The number of unbranched alkanes of at least 4 members (excludes halogenated alkanes) is 4. The van der Waals surface area contributed by atoms with E-state index in [9.17, 15) is 14.7 Å². The van der Waals surface area contributed by atoms with Crippen molar-refractivity contribution < 1.29 is 62.4 Å². The zero-order valence-corrected chi connectivity index (χ0v) is 37.2. The van der Waals surface area contributed by atoms with E-state index in [1.807, 2.05) is 0 Å². The molecule has 2 aromatic carbocycles. The van der Waals surface area contributed by atoms with E-state index >= 15 is 0 Å². The van der Waals surface area contributed by atoms with Gasteiger partial charge in [-0.25, -0.2) is 0 Å². The molecule has 0 spiro atoms. The van der Waals surface area contributed by atoms with Crippen molar-refractivity contribution in [3.05, 3.63) is 71.8 Å². The third-order valence-electron chi connectivity index (χ3n) is 11.1. The lowest BCUT2D eigenvalue weighted by Gasteiger charge is -2.52. The normalized spacial score (nSPS) is 27.0. The number of aliphatic hydroxyl groups excluding tert-OH is 1. The van der Waals surface area contributed by atoms with Crippen molar-refractivity contribution in [3.8, 4) is 0 Å². The fourth-order valence-corrected chi connectivity index (χ4v) is 9.22. The van der Waals surface area contributed by atoms with Gasteiger partial charge >= 0.3 is 5.97 Å². The Bertz CT molecular complexity index is 1250. The number of benzene rings is 2. The van der Waals surface area contributed by atoms with E-state index in [1.54, 1.807) is 0 Å². The maximum absolute atomic E-state index is 12.2. The number of carbonyl (C=O) groups is 2. The Balaban J connectivity index is 0.000000289. The van der Waals surface area contributed by atoms with Crippen molar-refractivity contribution in [2.45, 2.75) is 102 Å². The highest BCUT2D eigenvalue weighted by Crippen LogP contribution is 2.37. The van der Waals surface area contributed by atoms with Crippen LogP contribution in [0.2, 0.25) is 0 Å². The van der Waals surface area contributed by atoms with Crippen molar-refractivity contribution in [3.63, 3.8) is 0 Å². The Hall–Kier alpha value is -0.330. The highest BCUT2D eigenvalue weighted by atomic mass is 79.9. The van der Waals surface area contributed by atoms with E-state index in [0.717, 1.165) is 84.3 Å².